The molecule has 2 amide bonds. The van der Waals surface area contributed by atoms with Crippen LogP contribution in [-0.2, 0) is 21.4 Å². The fraction of sp³-hybridized carbons (Fsp3) is 0.556. The summed E-state index contributed by atoms with van der Waals surface area (Å²) in [4.78, 5) is 32.8. The van der Waals surface area contributed by atoms with Crippen molar-refractivity contribution in [3.8, 4) is 11.3 Å². The third-order valence-electron chi connectivity index (χ3n) is 11.7. The van der Waals surface area contributed by atoms with Crippen molar-refractivity contribution in [2.75, 3.05) is 20.1 Å². The lowest BCUT2D eigenvalue weighted by atomic mass is 9.81. The number of benzene rings is 2. The number of carbonyl (C=O) groups is 2. The van der Waals surface area contributed by atoms with Gasteiger partial charge in [0.25, 0.3) is 5.91 Å². The first kappa shape index (κ1) is 29.2. The van der Waals surface area contributed by atoms with Crippen LogP contribution in [0.15, 0.2) is 42.5 Å². The summed E-state index contributed by atoms with van der Waals surface area (Å²) in [5.41, 5.74) is 5.74. The van der Waals surface area contributed by atoms with Crippen molar-refractivity contribution in [2.45, 2.75) is 101 Å². The fourth-order valence-corrected chi connectivity index (χ4v) is 9.89. The molecule has 238 valence electrons. The van der Waals surface area contributed by atoms with Crippen molar-refractivity contribution in [1.82, 2.24) is 19.1 Å². The maximum atomic E-state index is 14.9. The summed E-state index contributed by atoms with van der Waals surface area (Å²) < 4.78 is 29.9. The van der Waals surface area contributed by atoms with Crippen LogP contribution in [0.3, 0.4) is 0 Å². The molecule has 3 unspecified atom stereocenters. The van der Waals surface area contributed by atoms with Crippen molar-refractivity contribution in [2.24, 2.45) is 5.41 Å². The molecule has 4 heterocycles. The number of amides is 2. The minimum absolute atomic E-state index is 0.164. The Morgan fingerprint density at radius 1 is 0.956 bits per heavy atom. The number of nitrogens with zero attached hydrogens (tertiary/aromatic N) is 3. The number of sulfonamides is 1. The molecule has 2 saturated heterocycles. The molecular weight excluding hydrogens is 584 g/mol. The van der Waals surface area contributed by atoms with Gasteiger partial charge in [-0.25, -0.2) is 13.1 Å². The van der Waals surface area contributed by atoms with Crippen LogP contribution in [0.5, 0.6) is 0 Å². The molecule has 2 aromatic carbocycles. The second-order valence-electron chi connectivity index (χ2n) is 14.8. The third kappa shape index (κ3) is 4.51. The maximum absolute atomic E-state index is 14.9. The average molecular weight is 629 g/mol. The summed E-state index contributed by atoms with van der Waals surface area (Å²) in [6, 6.07) is 14.9. The number of likely N-dealkylation sites (N-methyl/N-ethyl adjacent to an activating group) is 1. The summed E-state index contributed by atoms with van der Waals surface area (Å²) in [6.45, 7) is 5.57. The molecule has 9 heteroatoms. The molecule has 4 atom stereocenters. The molecule has 4 fully saturated rings. The number of hydrogen-bond acceptors (Lipinski definition) is 5. The Kier molecular flexibility index (Phi) is 6.77. The minimum Gasteiger partial charge on any atom is -0.339 e. The van der Waals surface area contributed by atoms with Crippen LogP contribution in [-0.4, -0.2) is 72.1 Å². The van der Waals surface area contributed by atoms with E-state index in [4.69, 9.17) is 0 Å². The molecule has 1 aromatic heterocycles. The van der Waals surface area contributed by atoms with Gasteiger partial charge in [-0.15, -0.1) is 0 Å². The number of piperazine rings is 1. The lowest BCUT2D eigenvalue weighted by Gasteiger charge is -2.41. The van der Waals surface area contributed by atoms with E-state index in [1.54, 1.807) is 19.9 Å². The van der Waals surface area contributed by atoms with Gasteiger partial charge >= 0.3 is 0 Å². The molecule has 3 aromatic rings. The normalized spacial score (nSPS) is 28.0. The Morgan fingerprint density at radius 3 is 2.38 bits per heavy atom. The summed E-state index contributed by atoms with van der Waals surface area (Å²) >= 11 is 0. The van der Waals surface area contributed by atoms with E-state index in [1.165, 1.54) is 41.6 Å². The van der Waals surface area contributed by atoms with Crippen molar-refractivity contribution in [1.29, 1.82) is 0 Å². The van der Waals surface area contributed by atoms with Gasteiger partial charge < -0.3 is 14.4 Å². The van der Waals surface area contributed by atoms with E-state index in [0.29, 0.717) is 23.9 Å². The third-order valence-corrected chi connectivity index (χ3v) is 13.4. The first-order chi connectivity index (χ1) is 21.6. The Labute approximate surface area is 266 Å². The molecule has 45 heavy (non-hydrogen) atoms. The molecule has 8 rings (SSSR count). The van der Waals surface area contributed by atoms with Gasteiger partial charge in [0.1, 0.15) is 0 Å². The fourth-order valence-electron chi connectivity index (χ4n) is 9.28. The van der Waals surface area contributed by atoms with Crippen molar-refractivity contribution < 1.29 is 18.0 Å². The highest BCUT2D eigenvalue weighted by Gasteiger charge is 2.65. The van der Waals surface area contributed by atoms with Crippen LogP contribution in [0.4, 0.5) is 0 Å². The number of carbonyl (C=O) groups excluding carboxylic acids is 2. The van der Waals surface area contributed by atoms with Crippen molar-refractivity contribution >= 4 is 32.7 Å². The highest BCUT2D eigenvalue weighted by Crippen LogP contribution is 2.66. The predicted octanol–water partition coefficient (Wildman–Crippen LogP) is 5.62. The SMILES string of the molecule is CC(C)S(=O)(=O)NC(=O)c1ccc2c(C3CCCCC3)c3n(c2c1)CC1(C(=O)N2C4CCC2CN(C)C4)C[C@@H]1c1ccccc1-3. The van der Waals surface area contributed by atoms with Gasteiger partial charge in [0.15, 0.2) is 0 Å². The lowest BCUT2D eigenvalue weighted by molar-refractivity contribution is -0.143. The zero-order chi connectivity index (χ0) is 31.2. The Morgan fingerprint density at radius 2 is 1.67 bits per heavy atom. The zero-order valence-corrected chi connectivity index (χ0v) is 27.4. The molecule has 2 bridgehead atoms. The van der Waals surface area contributed by atoms with Gasteiger partial charge in [0.2, 0.25) is 15.9 Å². The molecule has 0 spiro atoms. The maximum Gasteiger partial charge on any atom is 0.264 e. The first-order valence-electron chi connectivity index (χ1n) is 16.9. The number of likely N-dealkylation sites (tertiary alicyclic amines) is 1. The largest absolute Gasteiger partial charge is 0.339 e. The summed E-state index contributed by atoms with van der Waals surface area (Å²) in [5, 5.41) is 0.406. The topological polar surface area (TPSA) is 91.7 Å². The van der Waals surface area contributed by atoms with E-state index in [2.05, 4.69) is 50.4 Å². The van der Waals surface area contributed by atoms with Crippen molar-refractivity contribution in [3.05, 3.63) is 59.2 Å². The molecular formula is C36H44N4O4S. The van der Waals surface area contributed by atoms with E-state index in [-0.39, 0.29) is 18.0 Å². The quantitative estimate of drug-likeness (QED) is 0.396. The molecule has 5 aliphatic rings. The van der Waals surface area contributed by atoms with Crippen LogP contribution in [0.2, 0.25) is 0 Å². The van der Waals surface area contributed by atoms with E-state index in [1.807, 2.05) is 12.1 Å². The van der Waals surface area contributed by atoms with Gasteiger partial charge in [-0.3, -0.25) is 9.59 Å². The van der Waals surface area contributed by atoms with Gasteiger partial charge in [-0.1, -0.05) is 49.6 Å². The van der Waals surface area contributed by atoms with Gasteiger partial charge in [-0.05, 0) is 82.2 Å². The summed E-state index contributed by atoms with van der Waals surface area (Å²) in [7, 11) is -1.61. The van der Waals surface area contributed by atoms with E-state index in [9.17, 15) is 18.0 Å². The zero-order valence-electron chi connectivity index (χ0n) is 26.6. The Bertz CT molecular complexity index is 1810. The number of hydrogen-bond donors (Lipinski definition) is 1. The van der Waals surface area contributed by atoms with E-state index in [0.717, 1.165) is 56.1 Å². The highest BCUT2D eigenvalue weighted by atomic mass is 32.2. The predicted molar refractivity (Wildman–Crippen MR) is 176 cm³/mol. The average Bonchev–Trinajstić information content (AvgIpc) is 3.61. The van der Waals surface area contributed by atoms with Crippen LogP contribution in [0.1, 0.15) is 98.5 Å². The standard InChI is InChI=1S/C36H44N4O4S/c1-22(2)45(43,44)37-34(41)24-13-16-29-31(17-24)39-21-36(35(42)40-25-14-15-26(40)20-38(3)19-25)18-30(36)27-11-7-8-12-28(27)33(39)32(29)23-9-5-4-6-10-23/h7-8,11-13,16-17,22-23,25-26,30H,4-6,9-10,14-15,18-21H2,1-3H3,(H,37,41)/t25?,26?,30-,36?/m1/s1. The van der Waals surface area contributed by atoms with Crippen LogP contribution < -0.4 is 4.72 Å². The Hall–Kier alpha value is -3.17. The van der Waals surface area contributed by atoms with E-state index >= 15 is 0 Å². The molecule has 2 saturated carbocycles. The minimum atomic E-state index is -3.78. The lowest BCUT2D eigenvalue weighted by Crippen LogP contribution is -2.57. The summed E-state index contributed by atoms with van der Waals surface area (Å²) in [6.07, 6.45) is 8.87. The number of aromatic nitrogens is 1. The van der Waals surface area contributed by atoms with Crippen LogP contribution in [0.25, 0.3) is 22.2 Å². The molecule has 1 N–H and O–H groups in total. The van der Waals surface area contributed by atoms with Crippen LogP contribution in [0, 0.1) is 5.41 Å². The van der Waals surface area contributed by atoms with Crippen LogP contribution >= 0.6 is 0 Å². The Balaban J connectivity index is 1.30. The van der Waals surface area contributed by atoms with Gasteiger partial charge in [-0.2, -0.15) is 0 Å². The highest BCUT2D eigenvalue weighted by molar-refractivity contribution is 7.90. The van der Waals surface area contributed by atoms with Gasteiger partial charge in [0, 0.05) is 59.7 Å². The first-order valence-corrected chi connectivity index (χ1v) is 18.5. The number of rotatable bonds is 5. The molecule has 2 aliphatic carbocycles. The van der Waals surface area contributed by atoms with Gasteiger partial charge in [0.05, 0.1) is 16.4 Å². The molecule has 0 radical (unpaired) electrons. The number of nitrogens with one attached hydrogen (secondary N) is 1. The second-order valence-corrected chi connectivity index (χ2v) is 17.0. The summed E-state index contributed by atoms with van der Waals surface area (Å²) in [5.74, 6) is 0.255. The smallest absolute Gasteiger partial charge is 0.264 e. The monoisotopic (exact) mass is 628 g/mol. The second kappa shape index (κ2) is 10.4. The molecule has 3 aliphatic heterocycles. The number of fused-ring (bicyclic) bond motifs is 9. The van der Waals surface area contributed by atoms with Crippen molar-refractivity contribution in [3.63, 3.8) is 0 Å². The molecule has 8 nitrogen and oxygen atoms in total. The van der Waals surface area contributed by atoms with E-state index < -0.39 is 26.6 Å².